The molecule has 0 saturated carbocycles. The Bertz CT molecular complexity index is 118. The molecule has 0 aromatic heterocycles. The third-order valence-corrected chi connectivity index (χ3v) is 3.13. The zero-order chi connectivity index (χ0) is 9.78. The smallest absolute Gasteiger partial charge is 0.0627 e. The normalized spacial score (nSPS) is 17.5. The molecule has 0 radical (unpaired) electrons. The van der Waals surface area contributed by atoms with Crippen LogP contribution in [0, 0.1) is 0 Å². The maximum absolute atomic E-state index is 9.39. The van der Waals surface area contributed by atoms with E-state index in [0.717, 1.165) is 12.2 Å². The maximum atomic E-state index is 9.39. The van der Waals surface area contributed by atoms with Crippen LogP contribution in [0.4, 0.5) is 0 Å². The fourth-order valence-electron chi connectivity index (χ4n) is 0.634. The molecule has 74 valence electrons. The minimum absolute atomic E-state index is 0.257. The van der Waals surface area contributed by atoms with E-state index in [1.165, 1.54) is 0 Å². The number of thioether (sulfide) groups is 1. The van der Waals surface area contributed by atoms with Crippen molar-refractivity contribution in [3.8, 4) is 0 Å². The number of aliphatic hydroxyl groups excluding tert-OH is 1. The van der Waals surface area contributed by atoms with Crippen molar-refractivity contribution in [3.05, 3.63) is 0 Å². The van der Waals surface area contributed by atoms with Gasteiger partial charge in [-0.3, -0.25) is 0 Å². The third kappa shape index (κ3) is 6.95. The lowest BCUT2D eigenvalue weighted by molar-refractivity contribution is 0.0776. The summed E-state index contributed by atoms with van der Waals surface area (Å²) in [6.45, 7) is 7.41. The summed E-state index contributed by atoms with van der Waals surface area (Å²) in [5.74, 6) is 0.898. The molecule has 0 aliphatic carbocycles. The Balaban J connectivity index is 3.44. The van der Waals surface area contributed by atoms with Crippen molar-refractivity contribution in [2.45, 2.75) is 51.1 Å². The molecule has 0 rings (SSSR count). The third-order valence-electron chi connectivity index (χ3n) is 1.77. The summed E-state index contributed by atoms with van der Waals surface area (Å²) in [5.41, 5.74) is -0.578. The van der Waals surface area contributed by atoms with Gasteiger partial charge in [-0.05, 0) is 32.9 Å². The van der Waals surface area contributed by atoms with Crippen molar-refractivity contribution in [1.29, 1.82) is 0 Å². The Hall–Kier alpha value is 0.270. The van der Waals surface area contributed by atoms with Crippen molar-refractivity contribution < 1.29 is 10.2 Å². The number of rotatable bonds is 5. The molecule has 0 aromatic rings. The van der Waals surface area contributed by atoms with Gasteiger partial charge < -0.3 is 10.2 Å². The van der Waals surface area contributed by atoms with Gasteiger partial charge in [-0.15, -0.1) is 0 Å². The van der Waals surface area contributed by atoms with Gasteiger partial charge >= 0.3 is 0 Å². The van der Waals surface area contributed by atoms with Crippen LogP contribution in [-0.2, 0) is 0 Å². The second kappa shape index (κ2) is 5.10. The molecule has 0 aliphatic heterocycles. The lowest BCUT2D eigenvalue weighted by atomic mass is 10.1. The van der Waals surface area contributed by atoms with E-state index in [1.54, 1.807) is 32.5 Å². The van der Waals surface area contributed by atoms with Crippen molar-refractivity contribution in [3.63, 3.8) is 0 Å². The van der Waals surface area contributed by atoms with Crippen LogP contribution in [0.5, 0.6) is 0 Å². The zero-order valence-electron chi connectivity index (χ0n) is 8.37. The van der Waals surface area contributed by atoms with Crippen LogP contribution in [-0.4, -0.2) is 32.9 Å². The van der Waals surface area contributed by atoms with E-state index in [0.29, 0.717) is 0 Å². The van der Waals surface area contributed by atoms with Crippen molar-refractivity contribution >= 4 is 11.8 Å². The highest BCUT2D eigenvalue weighted by molar-refractivity contribution is 7.99. The first-order chi connectivity index (χ1) is 5.33. The van der Waals surface area contributed by atoms with E-state index >= 15 is 0 Å². The summed E-state index contributed by atoms with van der Waals surface area (Å²) in [6.07, 6.45) is 0.506. The van der Waals surface area contributed by atoms with Gasteiger partial charge in [0.25, 0.3) is 0 Å². The molecule has 3 heteroatoms. The average molecular weight is 192 g/mol. The predicted octanol–water partition coefficient (Wildman–Crippen LogP) is 1.65. The molecule has 0 aromatic carbocycles. The Kier molecular flexibility index (Phi) is 5.21. The minimum Gasteiger partial charge on any atom is -0.392 e. The molecule has 2 atom stereocenters. The SMILES string of the molecule is CC(O)C(C)SCCC(C)(C)O. The quantitative estimate of drug-likeness (QED) is 0.696. The van der Waals surface area contributed by atoms with Gasteiger partial charge in [0.05, 0.1) is 11.7 Å². The Morgan fingerprint density at radius 1 is 1.33 bits per heavy atom. The molecule has 0 amide bonds. The fraction of sp³-hybridized carbons (Fsp3) is 1.00. The highest BCUT2D eigenvalue weighted by atomic mass is 32.2. The van der Waals surface area contributed by atoms with Crippen LogP contribution in [0.3, 0.4) is 0 Å². The van der Waals surface area contributed by atoms with E-state index in [1.807, 2.05) is 6.92 Å². The van der Waals surface area contributed by atoms with Crippen LogP contribution < -0.4 is 0 Å². The molecule has 0 saturated heterocycles. The van der Waals surface area contributed by atoms with Gasteiger partial charge in [-0.25, -0.2) is 0 Å². The van der Waals surface area contributed by atoms with E-state index in [-0.39, 0.29) is 11.4 Å². The second-order valence-corrected chi connectivity index (χ2v) is 5.36. The van der Waals surface area contributed by atoms with Gasteiger partial charge in [-0.2, -0.15) is 11.8 Å². The Labute approximate surface area is 79.4 Å². The molecule has 2 unspecified atom stereocenters. The highest BCUT2D eigenvalue weighted by Crippen LogP contribution is 2.18. The van der Waals surface area contributed by atoms with Gasteiger partial charge in [0.2, 0.25) is 0 Å². The molecule has 0 fully saturated rings. The first kappa shape index (κ1) is 12.3. The molecule has 12 heavy (non-hydrogen) atoms. The Morgan fingerprint density at radius 3 is 2.17 bits per heavy atom. The summed E-state index contributed by atoms with van der Waals surface area (Å²) in [7, 11) is 0. The van der Waals surface area contributed by atoms with Crippen molar-refractivity contribution in [1.82, 2.24) is 0 Å². The lowest BCUT2D eigenvalue weighted by Gasteiger charge is -2.19. The molecule has 2 N–H and O–H groups in total. The van der Waals surface area contributed by atoms with Crippen LogP contribution in [0.1, 0.15) is 34.1 Å². The van der Waals surface area contributed by atoms with E-state index < -0.39 is 5.60 Å². The summed E-state index contributed by atoms with van der Waals surface area (Å²) in [4.78, 5) is 0. The molecule has 0 aliphatic rings. The van der Waals surface area contributed by atoms with Crippen molar-refractivity contribution in [2.75, 3.05) is 5.75 Å². The second-order valence-electron chi connectivity index (χ2n) is 3.88. The largest absolute Gasteiger partial charge is 0.392 e. The van der Waals surface area contributed by atoms with Gasteiger partial charge in [-0.1, -0.05) is 6.92 Å². The van der Waals surface area contributed by atoms with Crippen LogP contribution in [0.2, 0.25) is 0 Å². The topological polar surface area (TPSA) is 40.5 Å². The monoisotopic (exact) mass is 192 g/mol. The summed E-state index contributed by atoms with van der Waals surface area (Å²) in [6, 6.07) is 0. The van der Waals surface area contributed by atoms with Crippen molar-refractivity contribution in [2.24, 2.45) is 0 Å². The van der Waals surface area contributed by atoms with Crippen LogP contribution in [0.25, 0.3) is 0 Å². The Morgan fingerprint density at radius 2 is 1.83 bits per heavy atom. The minimum atomic E-state index is -0.578. The maximum Gasteiger partial charge on any atom is 0.0627 e. The predicted molar refractivity (Wildman–Crippen MR) is 54.5 cm³/mol. The van der Waals surface area contributed by atoms with Gasteiger partial charge in [0, 0.05) is 5.25 Å². The molecule has 2 nitrogen and oxygen atoms in total. The van der Waals surface area contributed by atoms with E-state index in [4.69, 9.17) is 5.11 Å². The molecular formula is C9H20O2S. The number of hydrogen-bond acceptors (Lipinski definition) is 3. The highest BCUT2D eigenvalue weighted by Gasteiger charge is 2.14. The summed E-state index contributed by atoms with van der Waals surface area (Å²) in [5, 5.41) is 18.8. The molecule has 0 heterocycles. The zero-order valence-corrected chi connectivity index (χ0v) is 9.19. The van der Waals surface area contributed by atoms with Gasteiger partial charge in [0.1, 0.15) is 0 Å². The number of hydrogen-bond donors (Lipinski definition) is 2. The standard InChI is InChI=1S/C9H20O2S/c1-7(10)8(2)12-6-5-9(3,4)11/h7-8,10-11H,5-6H2,1-4H3. The summed E-state index contributed by atoms with van der Waals surface area (Å²) < 4.78 is 0. The van der Waals surface area contributed by atoms with Crippen LogP contribution in [0.15, 0.2) is 0 Å². The fourth-order valence-corrected chi connectivity index (χ4v) is 1.90. The van der Waals surface area contributed by atoms with Crippen LogP contribution >= 0.6 is 11.8 Å². The van der Waals surface area contributed by atoms with E-state index in [2.05, 4.69) is 0 Å². The van der Waals surface area contributed by atoms with E-state index in [9.17, 15) is 5.11 Å². The molecule has 0 spiro atoms. The average Bonchev–Trinajstić information content (AvgIpc) is 1.84. The van der Waals surface area contributed by atoms with Gasteiger partial charge in [0.15, 0.2) is 0 Å². The lowest BCUT2D eigenvalue weighted by Crippen LogP contribution is -2.21. The number of aliphatic hydroxyl groups is 2. The first-order valence-corrected chi connectivity index (χ1v) is 5.40. The molecule has 0 bridgehead atoms. The first-order valence-electron chi connectivity index (χ1n) is 4.35. The molecular weight excluding hydrogens is 172 g/mol. The summed E-state index contributed by atoms with van der Waals surface area (Å²) >= 11 is 1.70.